The molecule has 0 N–H and O–H groups in total. The lowest BCUT2D eigenvalue weighted by atomic mass is 10.1. The normalized spacial score (nSPS) is 13.2. The van der Waals surface area contributed by atoms with Gasteiger partial charge in [-0.15, -0.1) is 0 Å². The SMILES string of the molecule is C/C=C\CC(CCCC)OC=O. The molecule has 0 rings (SSSR count). The molecule has 1 unspecified atom stereocenters. The van der Waals surface area contributed by atoms with Crippen LogP contribution < -0.4 is 0 Å². The number of ether oxygens (including phenoxy) is 1. The summed E-state index contributed by atoms with van der Waals surface area (Å²) in [7, 11) is 0. The van der Waals surface area contributed by atoms with Crippen molar-refractivity contribution in [2.45, 2.75) is 45.6 Å². The maximum atomic E-state index is 10.1. The van der Waals surface area contributed by atoms with E-state index >= 15 is 0 Å². The molecule has 0 spiro atoms. The Morgan fingerprint density at radius 2 is 2.25 bits per heavy atom. The minimum Gasteiger partial charge on any atom is -0.464 e. The van der Waals surface area contributed by atoms with Gasteiger partial charge in [0, 0.05) is 6.42 Å². The van der Waals surface area contributed by atoms with Crippen LogP contribution >= 0.6 is 0 Å². The van der Waals surface area contributed by atoms with E-state index in [0.717, 1.165) is 25.7 Å². The van der Waals surface area contributed by atoms with E-state index < -0.39 is 0 Å². The number of hydrogen-bond donors (Lipinski definition) is 0. The summed E-state index contributed by atoms with van der Waals surface area (Å²) < 4.78 is 4.91. The lowest BCUT2D eigenvalue weighted by Gasteiger charge is -2.11. The van der Waals surface area contributed by atoms with Gasteiger partial charge in [0.1, 0.15) is 6.10 Å². The lowest BCUT2D eigenvalue weighted by Crippen LogP contribution is -2.10. The molecule has 0 aliphatic carbocycles. The molecular weight excluding hydrogens is 152 g/mol. The molecular formula is C10H18O2. The molecule has 0 bridgehead atoms. The molecule has 0 fully saturated rings. The fourth-order valence-electron chi connectivity index (χ4n) is 1.04. The Bertz CT molecular complexity index is 130. The molecule has 12 heavy (non-hydrogen) atoms. The van der Waals surface area contributed by atoms with Crippen molar-refractivity contribution in [1.82, 2.24) is 0 Å². The smallest absolute Gasteiger partial charge is 0.293 e. The van der Waals surface area contributed by atoms with Gasteiger partial charge in [-0.25, -0.2) is 0 Å². The van der Waals surface area contributed by atoms with Crippen LogP contribution in [0.2, 0.25) is 0 Å². The number of rotatable bonds is 7. The van der Waals surface area contributed by atoms with Crippen LogP contribution in [-0.4, -0.2) is 12.6 Å². The van der Waals surface area contributed by atoms with Crippen molar-refractivity contribution in [3.63, 3.8) is 0 Å². The first kappa shape index (κ1) is 11.2. The van der Waals surface area contributed by atoms with Gasteiger partial charge in [0.25, 0.3) is 6.47 Å². The van der Waals surface area contributed by atoms with Gasteiger partial charge in [0.15, 0.2) is 0 Å². The van der Waals surface area contributed by atoms with E-state index in [2.05, 4.69) is 6.92 Å². The maximum absolute atomic E-state index is 10.1. The molecule has 0 aromatic rings. The predicted molar refractivity (Wildman–Crippen MR) is 49.9 cm³/mol. The van der Waals surface area contributed by atoms with Crippen LogP contribution in [0.3, 0.4) is 0 Å². The van der Waals surface area contributed by atoms with Gasteiger partial charge >= 0.3 is 0 Å². The minimum absolute atomic E-state index is 0.0821. The zero-order valence-electron chi connectivity index (χ0n) is 7.95. The molecule has 1 atom stereocenters. The number of allylic oxidation sites excluding steroid dienone is 1. The lowest BCUT2D eigenvalue weighted by molar-refractivity contribution is -0.133. The van der Waals surface area contributed by atoms with Crippen LogP contribution in [-0.2, 0) is 9.53 Å². The molecule has 0 saturated heterocycles. The van der Waals surface area contributed by atoms with Crippen LogP contribution in [0.25, 0.3) is 0 Å². The average molecular weight is 170 g/mol. The number of carbonyl (C=O) groups is 1. The summed E-state index contributed by atoms with van der Waals surface area (Å²) in [5.74, 6) is 0. The second kappa shape index (κ2) is 8.31. The van der Waals surface area contributed by atoms with Crippen molar-refractivity contribution in [3.8, 4) is 0 Å². The van der Waals surface area contributed by atoms with Crippen LogP contribution in [0.1, 0.15) is 39.5 Å². The van der Waals surface area contributed by atoms with E-state index in [1.165, 1.54) is 0 Å². The topological polar surface area (TPSA) is 26.3 Å². The monoisotopic (exact) mass is 170 g/mol. The Morgan fingerprint density at radius 3 is 2.75 bits per heavy atom. The Labute approximate surface area is 74.6 Å². The molecule has 0 saturated carbocycles. The highest BCUT2D eigenvalue weighted by Gasteiger charge is 2.05. The van der Waals surface area contributed by atoms with E-state index in [-0.39, 0.29) is 6.10 Å². The quantitative estimate of drug-likeness (QED) is 0.433. The van der Waals surface area contributed by atoms with Gasteiger partial charge in [0.05, 0.1) is 0 Å². The second-order valence-electron chi connectivity index (χ2n) is 2.80. The van der Waals surface area contributed by atoms with Gasteiger partial charge in [-0.05, 0) is 13.3 Å². The zero-order valence-corrected chi connectivity index (χ0v) is 7.95. The second-order valence-corrected chi connectivity index (χ2v) is 2.80. The largest absolute Gasteiger partial charge is 0.464 e. The van der Waals surface area contributed by atoms with Gasteiger partial charge in [-0.2, -0.15) is 0 Å². The van der Waals surface area contributed by atoms with Crippen LogP contribution in [0.5, 0.6) is 0 Å². The Balaban J connectivity index is 3.60. The maximum Gasteiger partial charge on any atom is 0.293 e. The third-order valence-electron chi connectivity index (χ3n) is 1.76. The Kier molecular flexibility index (Phi) is 7.76. The molecule has 2 heteroatoms. The van der Waals surface area contributed by atoms with E-state index in [1.807, 2.05) is 19.1 Å². The van der Waals surface area contributed by atoms with Crippen LogP contribution in [0.4, 0.5) is 0 Å². The third kappa shape index (κ3) is 5.96. The first-order valence-electron chi connectivity index (χ1n) is 4.55. The van der Waals surface area contributed by atoms with Gasteiger partial charge in [-0.1, -0.05) is 31.9 Å². The zero-order chi connectivity index (χ0) is 9.23. The molecule has 0 aliphatic heterocycles. The summed E-state index contributed by atoms with van der Waals surface area (Å²) in [6, 6.07) is 0. The molecule has 70 valence electrons. The molecule has 0 aromatic heterocycles. The minimum atomic E-state index is 0.0821. The molecule has 0 aliphatic rings. The van der Waals surface area contributed by atoms with Crippen LogP contribution in [0.15, 0.2) is 12.2 Å². The predicted octanol–water partition coefficient (Wildman–Crippen LogP) is 2.68. The summed E-state index contributed by atoms with van der Waals surface area (Å²) in [6.45, 7) is 4.65. The van der Waals surface area contributed by atoms with Crippen molar-refractivity contribution in [3.05, 3.63) is 12.2 Å². The highest BCUT2D eigenvalue weighted by Crippen LogP contribution is 2.08. The number of hydrogen-bond acceptors (Lipinski definition) is 2. The summed E-state index contributed by atoms with van der Waals surface area (Å²) in [4.78, 5) is 10.1. The fourth-order valence-corrected chi connectivity index (χ4v) is 1.04. The summed E-state index contributed by atoms with van der Waals surface area (Å²) in [5, 5.41) is 0. The molecule has 0 aromatic carbocycles. The van der Waals surface area contributed by atoms with Crippen molar-refractivity contribution in [2.75, 3.05) is 0 Å². The number of unbranched alkanes of at least 4 members (excludes halogenated alkanes) is 1. The summed E-state index contributed by atoms with van der Waals surface area (Å²) in [5.41, 5.74) is 0. The van der Waals surface area contributed by atoms with E-state index in [9.17, 15) is 4.79 Å². The first-order valence-corrected chi connectivity index (χ1v) is 4.55. The Hall–Kier alpha value is -0.790. The van der Waals surface area contributed by atoms with Crippen molar-refractivity contribution in [1.29, 1.82) is 0 Å². The Morgan fingerprint density at radius 1 is 1.50 bits per heavy atom. The van der Waals surface area contributed by atoms with E-state index in [4.69, 9.17) is 4.74 Å². The molecule has 0 radical (unpaired) electrons. The molecule has 0 amide bonds. The van der Waals surface area contributed by atoms with Crippen molar-refractivity contribution < 1.29 is 9.53 Å². The average Bonchev–Trinajstić information content (AvgIpc) is 2.10. The standard InChI is InChI=1S/C10H18O2/c1-3-5-7-10(12-9-11)8-6-4-2/h3,5,9-10H,4,6-8H2,1-2H3/b5-3-. The summed E-state index contributed by atoms with van der Waals surface area (Å²) >= 11 is 0. The molecule has 2 nitrogen and oxygen atoms in total. The third-order valence-corrected chi connectivity index (χ3v) is 1.76. The van der Waals surface area contributed by atoms with E-state index in [1.54, 1.807) is 0 Å². The van der Waals surface area contributed by atoms with Gasteiger partial charge in [-0.3, -0.25) is 4.79 Å². The molecule has 0 heterocycles. The van der Waals surface area contributed by atoms with Gasteiger partial charge in [0.2, 0.25) is 0 Å². The van der Waals surface area contributed by atoms with Crippen molar-refractivity contribution in [2.24, 2.45) is 0 Å². The van der Waals surface area contributed by atoms with Crippen molar-refractivity contribution >= 4 is 6.47 Å². The van der Waals surface area contributed by atoms with E-state index in [0.29, 0.717) is 6.47 Å². The number of carbonyl (C=O) groups excluding carboxylic acids is 1. The van der Waals surface area contributed by atoms with Crippen LogP contribution in [0, 0.1) is 0 Å². The highest BCUT2D eigenvalue weighted by atomic mass is 16.5. The highest BCUT2D eigenvalue weighted by molar-refractivity contribution is 5.37. The summed E-state index contributed by atoms with van der Waals surface area (Å²) in [6.07, 6.45) is 8.18. The first-order chi connectivity index (χ1) is 5.85. The van der Waals surface area contributed by atoms with Gasteiger partial charge < -0.3 is 4.74 Å². The fraction of sp³-hybridized carbons (Fsp3) is 0.700.